The predicted molar refractivity (Wildman–Crippen MR) is 150 cm³/mol. The molecule has 1 aliphatic heterocycles. The van der Waals surface area contributed by atoms with E-state index in [0.29, 0.717) is 33.3 Å². The summed E-state index contributed by atoms with van der Waals surface area (Å²) in [5, 5.41) is 7.70. The SMILES string of the molecule is CC(C)NC(=O)CN1C(=O)CSC(c2ccccc2F)c2c(-c3ccccc3)nn(-c3ccccc3Cl)c21. The van der Waals surface area contributed by atoms with Crippen LogP contribution in [0.15, 0.2) is 78.9 Å². The fourth-order valence-electron chi connectivity index (χ4n) is 4.56. The van der Waals surface area contributed by atoms with E-state index >= 15 is 4.39 Å². The topological polar surface area (TPSA) is 67.2 Å². The largest absolute Gasteiger partial charge is 0.352 e. The van der Waals surface area contributed by atoms with Crippen molar-refractivity contribution in [1.82, 2.24) is 15.1 Å². The zero-order chi connectivity index (χ0) is 26.8. The van der Waals surface area contributed by atoms with Crippen LogP contribution in [0.5, 0.6) is 0 Å². The molecule has 0 saturated heterocycles. The summed E-state index contributed by atoms with van der Waals surface area (Å²) in [5.74, 6) is -0.499. The Morgan fingerprint density at radius 3 is 2.47 bits per heavy atom. The van der Waals surface area contributed by atoms with Gasteiger partial charge in [-0.05, 0) is 32.0 Å². The number of rotatable bonds is 6. The van der Waals surface area contributed by atoms with E-state index in [9.17, 15) is 9.59 Å². The van der Waals surface area contributed by atoms with E-state index in [1.165, 1.54) is 22.7 Å². The molecule has 0 radical (unpaired) electrons. The number of thioether (sulfide) groups is 1. The summed E-state index contributed by atoms with van der Waals surface area (Å²) >= 11 is 7.95. The van der Waals surface area contributed by atoms with Crippen molar-refractivity contribution in [2.24, 2.45) is 0 Å². The predicted octanol–water partition coefficient (Wildman–Crippen LogP) is 6.03. The molecule has 5 rings (SSSR count). The Morgan fingerprint density at radius 2 is 1.76 bits per heavy atom. The van der Waals surface area contributed by atoms with E-state index in [4.69, 9.17) is 16.7 Å². The maximum absolute atomic E-state index is 15.3. The third kappa shape index (κ3) is 5.06. The number of aromatic nitrogens is 2. The Labute approximate surface area is 229 Å². The van der Waals surface area contributed by atoms with E-state index in [2.05, 4.69) is 5.32 Å². The first-order valence-electron chi connectivity index (χ1n) is 12.2. The number of hydrogen-bond acceptors (Lipinski definition) is 4. The van der Waals surface area contributed by atoms with Crippen molar-refractivity contribution >= 4 is 41.0 Å². The van der Waals surface area contributed by atoms with Crippen LogP contribution in [-0.4, -0.2) is 39.9 Å². The number of carbonyl (C=O) groups excluding carboxylic acids is 2. The van der Waals surface area contributed by atoms with Crippen molar-refractivity contribution in [3.8, 4) is 16.9 Å². The molecule has 6 nitrogen and oxygen atoms in total. The summed E-state index contributed by atoms with van der Waals surface area (Å²) < 4.78 is 16.9. The highest BCUT2D eigenvalue weighted by Crippen LogP contribution is 2.49. The molecule has 1 N–H and O–H groups in total. The average molecular weight is 549 g/mol. The fourth-order valence-corrected chi connectivity index (χ4v) is 6.00. The van der Waals surface area contributed by atoms with Gasteiger partial charge in [0.05, 0.1) is 27.4 Å². The van der Waals surface area contributed by atoms with Crippen LogP contribution in [0.25, 0.3) is 16.9 Å². The zero-order valence-corrected chi connectivity index (χ0v) is 22.5. The number of benzene rings is 3. The van der Waals surface area contributed by atoms with Crippen LogP contribution in [0.4, 0.5) is 10.2 Å². The molecule has 1 atom stereocenters. The van der Waals surface area contributed by atoms with Gasteiger partial charge in [-0.1, -0.05) is 72.3 Å². The standard InChI is InChI=1S/C29H26ClFN4O2S/c1-18(2)32-24(36)16-34-25(37)17-38-28(20-12-6-8-14-22(20)31)26-27(19-10-4-3-5-11-19)33-35(29(26)34)23-15-9-7-13-21(23)30/h3-15,18,28H,16-17H2,1-2H3,(H,32,36). The molecule has 3 aromatic carbocycles. The first-order valence-corrected chi connectivity index (χ1v) is 13.7. The normalized spacial score (nSPS) is 15.3. The summed E-state index contributed by atoms with van der Waals surface area (Å²) in [5.41, 5.74) is 3.03. The van der Waals surface area contributed by atoms with Crippen LogP contribution >= 0.6 is 23.4 Å². The van der Waals surface area contributed by atoms with Crippen molar-refractivity contribution in [2.75, 3.05) is 17.2 Å². The minimum atomic E-state index is -0.556. The zero-order valence-electron chi connectivity index (χ0n) is 20.9. The highest BCUT2D eigenvalue weighted by Gasteiger charge is 2.38. The van der Waals surface area contributed by atoms with Gasteiger partial charge in [-0.2, -0.15) is 5.10 Å². The van der Waals surface area contributed by atoms with Crippen LogP contribution in [-0.2, 0) is 9.59 Å². The molecule has 4 aromatic rings. The number of anilines is 1. The molecule has 1 unspecified atom stereocenters. The number of hydrogen-bond donors (Lipinski definition) is 1. The number of nitrogens with one attached hydrogen (secondary N) is 1. The lowest BCUT2D eigenvalue weighted by Gasteiger charge is -2.24. The number of amides is 2. The van der Waals surface area contributed by atoms with Crippen molar-refractivity contribution in [3.63, 3.8) is 0 Å². The minimum absolute atomic E-state index is 0.0550. The number of nitrogens with zero attached hydrogens (tertiary/aromatic N) is 3. The minimum Gasteiger partial charge on any atom is -0.352 e. The Hall–Kier alpha value is -3.62. The number of para-hydroxylation sites is 1. The van der Waals surface area contributed by atoms with Gasteiger partial charge in [0.15, 0.2) is 0 Å². The van der Waals surface area contributed by atoms with Crippen LogP contribution in [0.2, 0.25) is 5.02 Å². The van der Waals surface area contributed by atoms with Gasteiger partial charge >= 0.3 is 0 Å². The Balaban J connectivity index is 1.83. The number of halogens is 2. The van der Waals surface area contributed by atoms with E-state index in [1.807, 2.05) is 56.3 Å². The summed E-state index contributed by atoms with van der Waals surface area (Å²) in [6.45, 7) is 3.51. The van der Waals surface area contributed by atoms with Crippen LogP contribution < -0.4 is 10.2 Å². The second-order valence-electron chi connectivity index (χ2n) is 9.23. The van der Waals surface area contributed by atoms with E-state index in [0.717, 1.165) is 5.56 Å². The van der Waals surface area contributed by atoms with Gasteiger partial charge in [-0.15, -0.1) is 11.8 Å². The molecule has 194 valence electrons. The molecular weight excluding hydrogens is 523 g/mol. The van der Waals surface area contributed by atoms with Gasteiger partial charge in [-0.3, -0.25) is 14.5 Å². The molecule has 38 heavy (non-hydrogen) atoms. The first kappa shape index (κ1) is 26.0. The molecule has 0 aliphatic carbocycles. The Morgan fingerprint density at radius 1 is 1.08 bits per heavy atom. The fraction of sp³-hybridized carbons (Fsp3) is 0.207. The summed E-state index contributed by atoms with van der Waals surface area (Å²) in [6.07, 6.45) is 0. The first-order chi connectivity index (χ1) is 18.3. The summed E-state index contributed by atoms with van der Waals surface area (Å²) in [4.78, 5) is 28.0. The van der Waals surface area contributed by atoms with Crippen molar-refractivity contribution in [1.29, 1.82) is 0 Å². The Kier molecular flexibility index (Phi) is 7.53. The van der Waals surface area contributed by atoms with E-state index in [1.54, 1.807) is 35.0 Å². The van der Waals surface area contributed by atoms with E-state index < -0.39 is 5.25 Å². The lowest BCUT2D eigenvalue weighted by Crippen LogP contribution is -2.44. The van der Waals surface area contributed by atoms with Gasteiger partial charge < -0.3 is 5.32 Å². The maximum Gasteiger partial charge on any atom is 0.240 e. The average Bonchev–Trinajstić information content (AvgIpc) is 3.22. The van der Waals surface area contributed by atoms with Crippen LogP contribution in [0, 0.1) is 5.82 Å². The molecule has 0 fully saturated rings. The van der Waals surface area contributed by atoms with Gasteiger partial charge in [-0.25, -0.2) is 9.07 Å². The second kappa shape index (κ2) is 11.0. The number of fused-ring (bicyclic) bond motifs is 1. The molecule has 1 aliphatic rings. The lowest BCUT2D eigenvalue weighted by molar-refractivity contribution is -0.123. The molecule has 0 bridgehead atoms. The van der Waals surface area contributed by atoms with Gasteiger partial charge in [0.2, 0.25) is 11.8 Å². The van der Waals surface area contributed by atoms with Crippen molar-refractivity contribution in [3.05, 3.63) is 101 Å². The highest BCUT2D eigenvalue weighted by molar-refractivity contribution is 8.00. The molecule has 2 heterocycles. The molecular formula is C29H26ClFN4O2S. The molecule has 0 saturated carbocycles. The third-order valence-corrected chi connectivity index (χ3v) is 7.71. The lowest BCUT2D eigenvalue weighted by atomic mass is 9.99. The molecule has 2 amide bonds. The van der Waals surface area contributed by atoms with Crippen LogP contribution in [0.3, 0.4) is 0 Å². The quantitative estimate of drug-likeness (QED) is 0.320. The van der Waals surface area contributed by atoms with Crippen molar-refractivity contribution < 1.29 is 14.0 Å². The van der Waals surface area contributed by atoms with Gasteiger partial charge in [0.1, 0.15) is 18.2 Å². The van der Waals surface area contributed by atoms with Crippen LogP contribution in [0.1, 0.15) is 30.2 Å². The van der Waals surface area contributed by atoms with Gasteiger partial charge in [0.25, 0.3) is 0 Å². The number of carbonyl (C=O) groups is 2. The smallest absolute Gasteiger partial charge is 0.240 e. The third-order valence-electron chi connectivity index (χ3n) is 6.16. The molecule has 0 spiro atoms. The van der Waals surface area contributed by atoms with E-state index in [-0.39, 0.29) is 36.0 Å². The van der Waals surface area contributed by atoms with Gasteiger partial charge in [0, 0.05) is 22.7 Å². The Bertz CT molecular complexity index is 1490. The maximum atomic E-state index is 15.3. The highest BCUT2D eigenvalue weighted by atomic mass is 35.5. The summed E-state index contributed by atoms with van der Waals surface area (Å²) in [7, 11) is 0. The van der Waals surface area contributed by atoms with Crippen molar-refractivity contribution in [2.45, 2.75) is 25.1 Å². The second-order valence-corrected chi connectivity index (χ2v) is 10.7. The molecule has 9 heteroatoms. The monoisotopic (exact) mass is 548 g/mol. The molecule has 1 aromatic heterocycles. The summed E-state index contributed by atoms with van der Waals surface area (Å²) in [6, 6.07) is 23.2.